The summed E-state index contributed by atoms with van der Waals surface area (Å²) in [6, 6.07) is 9.71. The molecule has 1 N–H and O–H groups in total. The van der Waals surface area contributed by atoms with E-state index in [9.17, 15) is 5.11 Å². The Morgan fingerprint density at radius 3 is 2.65 bits per heavy atom. The number of ether oxygens (including phenoxy) is 4. The Morgan fingerprint density at radius 2 is 1.95 bits per heavy atom. The molecule has 0 saturated carbocycles. The molecule has 0 aliphatic carbocycles. The van der Waals surface area contributed by atoms with Crippen LogP contribution in [0.25, 0.3) is 0 Å². The highest BCUT2D eigenvalue weighted by Gasteiger charge is 2.47. The van der Waals surface area contributed by atoms with E-state index in [1.807, 2.05) is 37.3 Å². The zero-order valence-corrected chi connectivity index (χ0v) is 11.6. The van der Waals surface area contributed by atoms with Gasteiger partial charge in [0, 0.05) is 18.6 Å². The van der Waals surface area contributed by atoms with Crippen LogP contribution in [-0.2, 0) is 18.9 Å². The van der Waals surface area contributed by atoms with Crippen LogP contribution < -0.4 is 0 Å². The minimum atomic E-state index is -0.631. The number of rotatable bonds is 2. The van der Waals surface area contributed by atoms with Crippen LogP contribution in [0, 0.1) is 5.92 Å². The Morgan fingerprint density at radius 1 is 1.20 bits per heavy atom. The van der Waals surface area contributed by atoms with Crippen molar-refractivity contribution in [2.45, 2.75) is 37.8 Å². The van der Waals surface area contributed by atoms with Gasteiger partial charge < -0.3 is 24.1 Å². The molecule has 5 nitrogen and oxygen atoms in total. The molecule has 5 heteroatoms. The molecule has 1 aromatic rings. The molecule has 110 valence electrons. The van der Waals surface area contributed by atoms with Crippen LogP contribution in [0.4, 0.5) is 0 Å². The lowest BCUT2D eigenvalue weighted by atomic mass is 9.91. The molecule has 3 rings (SSSR count). The average molecular weight is 280 g/mol. The first kappa shape index (κ1) is 14.0. The second-order valence-electron chi connectivity index (χ2n) is 5.30. The lowest BCUT2D eigenvalue weighted by molar-refractivity contribution is -0.348. The van der Waals surface area contributed by atoms with Gasteiger partial charge in [0.2, 0.25) is 0 Å². The summed E-state index contributed by atoms with van der Waals surface area (Å²) < 4.78 is 22.6. The molecular weight excluding hydrogens is 260 g/mol. The zero-order chi connectivity index (χ0) is 14.1. The van der Waals surface area contributed by atoms with Gasteiger partial charge in [-0.3, -0.25) is 0 Å². The standard InChI is InChI=1S/C15H20O5/c1-9-12(16)13-11(19-14(9)17-2)8-18-15(20-13)10-6-4-3-5-7-10/h3-7,9,11-16H,8H2,1-2H3/t9-,11+,12-,13+,14-,15-/m0/s1. The summed E-state index contributed by atoms with van der Waals surface area (Å²) in [6.07, 6.45) is -2.20. The maximum atomic E-state index is 10.4. The minimum Gasteiger partial charge on any atom is -0.390 e. The third kappa shape index (κ3) is 2.47. The number of hydrogen-bond acceptors (Lipinski definition) is 5. The number of hydrogen-bond donors (Lipinski definition) is 1. The highest BCUT2D eigenvalue weighted by atomic mass is 16.7. The van der Waals surface area contributed by atoms with Crippen LogP contribution in [-0.4, -0.2) is 43.4 Å². The third-order valence-corrected chi connectivity index (χ3v) is 3.98. The first-order valence-electron chi connectivity index (χ1n) is 6.89. The molecule has 1 aromatic carbocycles. The van der Waals surface area contributed by atoms with E-state index >= 15 is 0 Å². The third-order valence-electron chi connectivity index (χ3n) is 3.98. The highest BCUT2D eigenvalue weighted by molar-refractivity contribution is 5.16. The lowest BCUT2D eigenvalue weighted by Gasteiger charge is -2.46. The van der Waals surface area contributed by atoms with E-state index in [1.54, 1.807) is 7.11 Å². The van der Waals surface area contributed by atoms with Crippen LogP contribution >= 0.6 is 0 Å². The molecule has 20 heavy (non-hydrogen) atoms. The van der Waals surface area contributed by atoms with Crippen molar-refractivity contribution in [2.24, 2.45) is 5.92 Å². The van der Waals surface area contributed by atoms with E-state index in [0.717, 1.165) is 5.56 Å². The quantitative estimate of drug-likeness (QED) is 0.889. The monoisotopic (exact) mass is 280 g/mol. The summed E-state index contributed by atoms with van der Waals surface area (Å²) in [5, 5.41) is 10.4. The van der Waals surface area contributed by atoms with Gasteiger partial charge in [-0.2, -0.15) is 0 Å². The normalized spacial score (nSPS) is 41.1. The fraction of sp³-hybridized carbons (Fsp3) is 0.600. The summed E-state index contributed by atoms with van der Waals surface area (Å²) in [4.78, 5) is 0. The van der Waals surface area contributed by atoms with Crippen LogP contribution in [0.1, 0.15) is 18.8 Å². The number of methoxy groups -OCH3 is 1. The fourth-order valence-corrected chi connectivity index (χ4v) is 2.78. The smallest absolute Gasteiger partial charge is 0.184 e. The Bertz CT molecular complexity index is 435. The van der Waals surface area contributed by atoms with Gasteiger partial charge in [0.05, 0.1) is 12.7 Å². The van der Waals surface area contributed by atoms with Gasteiger partial charge in [-0.25, -0.2) is 0 Å². The molecule has 6 atom stereocenters. The Hall–Kier alpha value is -0.980. The Balaban J connectivity index is 1.74. The maximum absolute atomic E-state index is 10.4. The Labute approximate surface area is 118 Å². The largest absolute Gasteiger partial charge is 0.390 e. The van der Waals surface area contributed by atoms with E-state index in [4.69, 9.17) is 18.9 Å². The van der Waals surface area contributed by atoms with Gasteiger partial charge in [0.15, 0.2) is 12.6 Å². The molecule has 0 aromatic heterocycles. The van der Waals surface area contributed by atoms with Gasteiger partial charge >= 0.3 is 0 Å². The highest BCUT2D eigenvalue weighted by Crippen LogP contribution is 2.36. The van der Waals surface area contributed by atoms with Crippen LogP contribution in [0.5, 0.6) is 0 Å². The molecule has 0 amide bonds. The molecule has 2 aliphatic heterocycles. The Kier molecular flexibility index (Phi) is 4.05. The van der Waals surface area contributed by atoms with Crippen molar-refractivity contribution in [3.63, 3.8) is 0 Å². The summed E-state index contributed by atoms with van der Waals surface area (Å²) in [5.41, 5.74) is 0.944. The molecule has 2 saturated heterocycles. The van der Waals surface area contributed by atoms with E-state index < -0.39 is 24.8 Å². The van der Waals surface area contributed by atoms with Crippen molar-refractivity contribution in [1.82, 2.24) is 0 Å². The summed E-state index contributed by atoms with van der Waals surface area (Å²) >= 11 is 0. The predicted molar refractivity (Wildman–Crippen MR) is 70.8 cm³/mol. The lowest BCUT2D eigenvalue weighted by Crippen LogP contribution is -2.58. The van der Waals surface area contributed by atoms with Crippen molar-refractivity contribution >= 4 is 0 Å². The van der Waals surface area contributed by atoms with E-state index in [2.05, 4.69) is 0 Å². The first-order valence-corrected chi connectivity index (χ1v) is 6.89. The second-order valence-corrected chi connectivity index (χ2v) is 5.30. The number of fused-ring (bicyclic) bond motifs is 1. The molecule has 2 aliphatic rings. The van der Waals surface area contributed by atoms with Crippen molar-refractivity contribution in [3.05, 3.63) is 35.9 Å². The average Bonchev–Trinajstić information content (AvgIpc) is 2.51. The topological polar surface area (TPSA) is 57.2 Å². The van der Waals surface area contributed by atoms with Gasteiger partial charge in [-0.15, -0.1) is 0 Å². The van der Waals surface area contributed by atoms with Crippen LogP contribution in [0.2, 0.25) is 0 Å². The molecule has 0 spiro atoms. The van der Waals surface area contributed by atoms with E-state index in [0.29, 0.717) is 6.61 Å². The van der Waals surface area contributed by atoms with Crippen LogP contribution in [0.3, 0.4) is 0 Å². The van der Waals surface area contributed by atoms with Gasteiger partial charge in [-0.05, 0) is 0 Å². The molecule has 2 fully saturated rings. The number of aliphatic hydroxyl groups excluding tert-OH is 1. The van der Waals surface area contributed by atoms with Crippen LogP contribution in [0.15, 0.2) is 30.3 Å². The van der Waals surface area contributed by atoms with Crippen molar-refractivity contribution < 1.29 is 24.1 Å². The SMILES string of the molecule is CO[C@H]1O[C@@H]2CO[C@H](c3ccccc3)O[C@H]2[C@@H](O)[C@@H]1C. The molecule has 2 heterocycles. The van der Waals surface area contributed by atoms with Gasteiger partial charge in [0.1, 0.15) is 12.2 Å². The minimum absolute atomic E-state index is 0.143. The zero-order valence-electron chi connectivity index (χ0n) is 11.6. The van der Waals surface area contributed by atoms with Gasteiger partial charge in [0.25, 0.3) is 0 Å². The van der Waals surface area contributed by atoms with Crippen molar-refractivity contribution in [3.8, 4) is 0 Å². The summed E-state index contributed by atoms with van der Waals surface area (Å²) in [6.45, 7) is 2.28. The number of benzene rings is 1. The maximum Gasteiger partial charge on any atom is 0.184 e. The molecular formula is C15H20O5. The fourth-order valence-electron chi connectivity index (χ4n) is 2.78. The van der Waals surface area contributed by atoms with E-state index in [-0.39, 0.29) is 12.0 Å². The number of aliphatic hydroxyl groups is 1. The summed E-state index contributed by atoms with van der Waals surface area (Å²) in [7, 11) is 1.57. The molecule has 0 unspecified atom stereocenters. The predicted octanol–water partition coefficient (Wildman–Crippen LogP) is 1.47. The first-order chi connectivity index (χ1) is 9.70. The molecule has 0 bridgehead atoms. The van der Waals surface area contributed by atoms with E-state index in [1.165, 1.54) is 0 Å². The van der Waals surface area contributed by atoms with Gasteiger partial charge in [-0.1, -0.05) is 37.3 Å². The van der Waals surface area contributed by atoms with Crippen molar-refractivity contribution in [2.75, 3.05) is 13.7 Å². The molecule has 0 radical (unpaired) electrons. The summed E-state index contributed by atoms with van der Waals surface area (Å²) in [5.74, 6) is -0.143. The van der Waals surface area contributed by atoms with Crippen molar-refractivity contribution in [1.29, 1.82) is 0 Å². The second kappa shape index (κ2) is 5.79.